The first-order valence-corrected chi connectivity index (χ1v) is 8.99. The van der Waals surface area contributed by atoms with Gasteiger partial charge in [0.1, 0.15) is 12.5 Å². The molecule has 0 bridgehead atoms. The summed E-state index contributed by atoms with van der Waals surface area (Å²) in [5.74, 6) is -2.14. The molecule has 12 heteroatoms. The number of amides is 1. The number of nitrogens with zero attached hydrogens (tertiary/aromatic N) is 3. The zero-order valence-corrected chi connectivity index (χ0v) is 14.5. The van der Waals surface area contributed by atoms with E-state index in [0.29, 0.717) is 16.4 Å². The zero-order chi connectivity index (χ0) is 20.4. The van der Waals surface area contributed by atoms with Gasteiger partial charge in [0.05, 0.1) is 16.5 Å². The normalized spacial score (nSPS) is 18.7. The van der Waals surface area contributed by atoms with Gasteiger partial charge in [-0.25, -0.2) is 8.42 Å². The number of nitriles is 1. The third-order valence-corrected chi connectivity index (χ3v) is 5.91. The van der Waals surface area contributed by atoms with Crippen LogP contribution in [-0.2, 0) is 25.8 Å². The van der Waals surface area contributed by atoms with E-state index in [1.807, 2.05) is 0 Å². The maximum absolute atomic E-state index is 12.7. The first-order valence-electron chi connectivity index (χ1n) is 7.55. The third-order valence-electron chi connectivity index (χ3n) is 3.99. The van der Waals surface area contributed by atoms with E-state index < -0.39 is 57.5 Å². The fraction of sp³-hybridized carbons (Fsp3) is 0.400. The van der Waals surface area contributed by atoms with Gasteiger partial charge in [0, 0.05) is 19.6 Å². The fourth-order valence-corrected chi connectivity index (χ4v) is 4.18. The number of carboxylic acid groups (broad SMARTS) is 1. The predicted octanol–water partition coefficient (Wildman–Crippen LogP) is 0.905. The van der Waals surface area contributed by atoms with E-state index in [9.17, 15) is 36.3 Å². The van der Waals surface area contributed by atoms with Crippen LogP contribution in [0.1, 0.15) is 12.0 Å². The van der Waals surface area contributed by atoms with Crippen LogP contribution in [0, 0.1) is 11.3 Å². The van der Waals surface area contributed by atoms with Crippen molar-refractivity contribution in [2.24, 2.45) is 0 Å². The predicted molar refractivity (Wildman–Crippen MR) is 83.6 cm³/mol. The van der Waals surface area contributed by atoms with Crippen LogP contribution in [0.25, 0.3) is 0 Å². The fourth-order valence-electron chi connectivity index (χ4n) is 2.61. The number of sulfonamides is 1. The Morgan fingerprint density at radius 2 is 1.81 bits per heavy atom. The molecule has 2 rings (SSSR count). The van der Waals surface area contributed by atoms with Gasteiger partial charge in [0.25, 0.3) is 0 Å². The van der Waals surface area contributed by atoms with Gasteiger partial charge in [-0.05, 0) is 24.3 Å². The summed E-state index contributed by atoms with van der Waals surface area (Å²) in [5, 5.41) is 17.9. The Bertz CT molecular complexity index is 877. The van der Waals surface area contributed by atoms with E-state index in [1.165, 1.54) is 0 Å². The van der Waals surface area contributed by atoms with Crippen molar-refractivity contribution < 1.29 is 36.3 Å². The molecule has 1 saturated heterocycles. The summed E-state index contributed by atoms with van der Waals surface area (Å²) in [6.07, 6.45) is -5.11. The van der Waals surface area contributed by atoms with Crippen LogP contribution in [0.3, 0.4) is 0 Å². The molecular formula is C15H14F3N3O5S. The van der Waals surface area contributed by atoms with Gasteiger partial charge in [-0.3, -0.25) is 9.59 Å². The van der Waals surface area contributed by atoms with Gasteiger partial charge in [-0.1, -0.05) is 0 Å². The molecule has 1 aromatic carbocycles. The van der Waals surface area contributed by atoms with Crippen molar-refractivity contribution in [1.29, 1.82) is 5.26 Å². The summed E-state index contributed by atoms with van der Waals surface area (Å²) in [6, 6.07) is 2.71. The first-order chi connectivity index (χ1) is 12.5. The number of halogens is 3. The lowest BCUT2D eigenvalue weighted by molar-refractivity contribution is -0.145. The summed E-state index contributed by atoms with van der Waals surface area (Å²) in [6.45, 7) is -0.961. The minimum atomic E-state index is -4.64. The Balaban J connectivity index is 2.30. The van der Waals surface area contributed by atoms with Gasteiger partial charge in [0.2, 0.25) is 15.9 Å². The molecule has 1 atom stereocenters. The van der Waals surface area contributed by atoms with Crippen LogP contribution in [0.2, 0.25) is 0 Å². The highest BCUT2D eigenvalue weighted by atomic mass is 32.2. The number of hydrogen-bond donors (Lipinski definition) is 1. The molecule has 0 radical (unpaired) electrons. The van der Waals surface area contributed by atoms with E-state index in [2.05, 4.69) is 0 Å². The molecule has 1 N–H and O–H groups in total. The van der Waals surface area contributed by atoms with Crippen LogP contribution in [0.15, 0.2) is 29.2 Å². The first kappa shape index (κ1) is 20.7. The molecule has 8 nitrogen and oxygen atoms in total. The van der Waals surface area contributed by atoms with Gasteiger partial charge in [0.15, 0.2) is 0 Å². The molecule has 27 heavy (non-hydrogen) atoms. The number of carboxylic acids is 1. The molecule has 1 aromatic rings. The summed E-state index contributed by atoms with van der Waals surface area (Å²) >= 11 is 0. The van der Waals surface area contributed by atoms with Crippen molar-refractivity contribution in [3.05, 3.63) is 29.8 Å². The van der Waals surface area contributed by atoms with Gasteiger partial charge < -0.3 is 10.0 Å². The van der Waals surface area contributed by atoms with E-state index in [1.54, 1.807) is 6.07 Å². The Kier molecular flexibility index (Phi) is 5.76. The Hall–Kier alpha value is -2.65. The average molecular weight is 405 g/mol. The van der Waals surface area contributed by atoms with Crippen LogP contribution in [0.5, 0.6) is 0 Å². The van der Waals surface area contributed by atoms with E-state index in [-0.39, 0.29) is 13.1 Å². The van der Waals surface area contributed by atoms with Crippen molar-refractivity contribution in [2.45, 2.75) is 23.5 Å². The minimum absolute atomic E-state index is 0.135. The number of alkyl halides is 3. The molecule has 0 saturated carbocycles. The van der Waals surface area contributed by atoms with Crippen molar-refractivity contribution in [1.82, 2.24) is 9.21 Å². The second-order valence-electron chi connectivity index (χ2n) is 5.67. The SMILES string of the molecule is N#CCC(=O)N1CCN(S(=O)(=O)c2ccc(C(F)(F)F)cc2)[C@@H](C(=O)O)C1. The van der Waals surface area contributed by atoms with Gasteiger partial charge >= 0.3 is 12.1 Å². The molecular weight excluding hydrogens is 391 g/mol. The molecule has 0 aromatic heterocycles. The maximum atomic E-state index is 12.7. The van der Waals surface area contributed by atoms with Crippen molar-refractivity contribution in [2.75, 3.05) is 19.6 Å². The topological polar surface area (TPSA) is 119 Å². The smallest absolute Gasteiger partial charge is 0.416 e. The van der Waals surface area contributed by atoms with Gasteiger partial charge in [-0.2, -0.15) is 22.7 Å². The minimum Gasteiger partial charge on any atom is -0.480 e. The summed E-state index contributed by atoms with van der Waals surface area (Å²) in [4.78, 5) is 23.8. The second kappa shape index (κ2) is 7.53. The monoisotopic (exact) mass is 405 g/mol. The molecule has 0 unspecified atom stereocenters. The van der Waals surface area contributed by atoms with E-state index in [4.69, 9.17) is 5.26 Å². The molecule has 146 valence electrons. The number of hydrogen-bond acceptors (Lipinski definition) is 5. The number of carbonyl (C=O) groups is 2. The lowest BCUT2D eigenvalue weighted by Crippen LogP contribution is -2.59. The lowest BCUT2D eigenvalue weighted by atomic mass is 10.2. The van der Waals surface area contributed by atoms with Crippen LogP contribution < -0.4 is 0 Å². The molecule has 0 spiro atoms. The number of piperazine rings is 1. The maximum Gasteiger partial charge on any atom is 0.416 e. The molecule has 1 aliphatic rings. The van der Waals surface area contributed by atoms with Crippen LogP contribution in [0.4, 0.5) is 13.2 Å². The highest BCUT2D eigenvalue weighted by molar-refractivity contribution is 7.89. The van der Waals surface area contributed by atoms with E-state index in [0.717, 1.165) is 17.0 Å². The van der Waals surface area contributed by atoms with Gasteiger partial charge in [-0.15, -0.1) is 0 Å². The lowest BCUT2D eigenvalue weighted by Gasteiger charge is -2.38. The van der Waals surface area contributed by atoms with Crippen molar-refractivity contribution in [3.8, 4) is 6.07 Å². The Labute approximate surface area is 152 Å². The van der Waals surface area contributed by atoms with Crippen LogP contribution in [-0.4, -0.2) is 60.3 Å². The Morgan fingerprint density at radius 1 is 1.22 bits per heavy atom. The third kappa shape index (κ3) is 4.37. The summed E-state index contributed by atoms with van der Waals surface area (Å²) in [5.41, 5.74) is -1.04. The Morgan fingerprint density at radius 3 is 2.30 bits per heavy atom. The standard InChI is InChI=1S/C15H14F3N3O5S/c16-15(17,18)10-1-3-11(4-2-10)27(25,26)21-8-7-20(13(22)5-6-19)9-12(21)14(23)24/h1-4,12H,5,7-9H2,(H,23,24)/t12-/m1/s1. The quantitative estimate of drug-likeness (QED) is 0.795. The molecule has 0 aliphatic carbocycles. The summed E-state index contributed by atoms with van der Waals surface area (Å²) in [7, 11) is -4.40. The largest absolute Gasteiger partial charge is 0.480 e. The number of aliphatic carboxylic acids is 1. The van der Waals surface area contributed by atoms with Crippen molar-refractivity contribution in [3.63, 3.8) is 0 Å². The van der Waals surface area contributed by atoms with E-state index >= 15 is 0 Å². The number of benzene rings is 1. The summed E-state index contributed by atoms with van der Waals surface area (Å²) < 4.78 is 63.9. The van der Waals surface area contributed by atoms with Crippen molar-refractivity contribution >= 4 is 21.9 Å². The number of rotatable bonds is 4. The van der Waals surface area contributed by atoms with Crippen LogP contribution >= 0.6 is 0 Å². The molecule has 1 aliphatic heterocycles. The second-order valence-corrected chi connectivity index (χ2v) is 7.56. The number of carbonyl (C=O) groups excluding carboxylic acids is 1. The average Bonchev–Trinajstić information content (AvgIpc) is 2.60. The highest BCUT2D eigenvalue weighted by Crippen LogP contribution is 2.30. The molecule has 1 amide bonds. The molecule has 1 heterocycles. The molecule has 1 fully saturated rings. The zero-order valence-electron chi connectivity index (χ0n) is 13.7. The highest BCUT2D eigenvalue weighted by Gasteiger charge is 2.41.